The number of nitrogens with zero attached hydrogens (tertiary/aromatic N) is 4. The Kier molecular flexibility index (Phi) is 3.18. The molecule has 0 atom stereocenters. The molecule has 2 rings (SSSR count). The van der Waals surface area contributed by atoms with Crippen LogP contribution in [0.1, 0.15) is 23.9 Å². The fourth-order valence-corrected chi connectivity index (χ4v) is 2.10. The van der Waals surface area contributed by atoms with Crippen molar-refractivity contribution in [2.24, 2.45) is 0 Å². The minimum atomic E-state index is 0.366. The Morgan fingerprint density at radius 1 is 1.33 bits per heavy atom. The molecule has 2 aromatic heterocycles. The summed E-state index contributed by atoms with van der Waals surface area (Å²) in [6.07, 6.45) is 2.35. The highest BCUT2D eigenvalue weighted by Gasteiger charge is 2.16. The quantitative estimate of drug-likeness (QED) is 0.887. The normalized spacial score (nSPS) is 10.7. The van der Waals surface area contributed by atoms with E-state index in [1.807, 2.05) is 13.8 Å². The molecule has 0 saturated carbocycles. The van der Waals surface area contributed by atoms with E-state index in [-0.39, 0.29) is 0 Å². The molecular formula is C12H17N5O. The predicted octanol–water partition coefficient (Wildman–Crippen LogP) is 1.43. The van der Waals surface area contributed by atoms with Gasteiger partial charge in [0.25, 0.3) is 0 Å². The summed E-state index contributed by atoms with van der Waals surface area (Å²) in [7, 11) is 1.53. The molecule has 18 heavy (non-hydrogen) atoms. The highest BCUT2D eigenvalue weighted by molar-refractivity contribution is 5.60. The zero-order valence-corrected chi connectivity index (χ0v) is 11.1. The highest BCUT2D eigenvalue weighted by Crippen LogP contribution is 2.25. The number of aryl methyl sites for hydroxylation is 1. The van der Waals surface area contributed by atoms with E-state index in [0.29, 0.717) is 17.4 Å². The second-order valence-corrected chi connectivity index (χ2v) is 4.03. The second-order valence-electron chi connectivity index (χ2n) is 4.03. The molecule has 0 spiro atoms. The Balaban J connectivity index is 2.62. The molecule has 0 aliphatic rings. The van der Waals surface area contributed by atoms with Gasteiger partial charge in [0.15, 0.2) is 5.82 Å². The average Bonchev–Trinajstić information content (AvgIpc) is 2.64. The molecule has 0 saturated heterocycles. The van der Waals surface area contributed by atoms with Crippen LogP contribution >= 0.6 is 0 Å². The Bertz CT molecular complexity index is 576. The van der Waals surface area contributed by atoms with Crippen molar-refractivity contribution >= 4 is 5.69 Å². The van der Waals surface area contributed by atoms with E-state index in [9.17, 15) is 0 Å². The molecule has 0 aliphatic carbocycles. The molecule has 2 N–H and O–H groups in total. The molecular weight excluding hydrogens is 230 g/mol. The second kappa shape index (κ2) is 4.64. The number of rotatable bonds is 3. The predicted molar refractivity (Wildman–Crippen MR) is 69.0 cm³/mol. The molecule has 6 nitrogen and oxygen atoms in total. The van der Waals surface area contributed by atoms with Crippen LogP contribution in [0.3, 0.4) is 0 Å². The fraction of sp³-hybridized carbons (Fsp3) is 0.417. The summed E-state index contributed by atoms with van der Waals surface area (Å²) in [6, 6.07) is 0. The number of nitrogens with two attached hydrogens (primary N) is 1. The van der Waals surface area contributed by atoms with Crippen molar-refractivity contribution in [3.8, 4) is 11.7 Å². The first-order valence-corrected chi connectivity index (χ1v) is 5.80. The summed E-state index contributed by atoms with van der Waals surface area (Å²) >= 11 is 0. The highest BCUT2D eigenvalue weighted by atomic mass is 16.5. The topological polar surface area (TPSA) is 78.8 Å². The van der Waals surface area contributed by atoms with Crippen LogP contribution in [-0.4, -0.2) is 26.9 Å². The largest absolute Gasteiger partial charge is 0.479 e. The Labute approximate surface area is 106 Å². The van der Waals surface area contributed by atoms with Gasteiger partial charge >= 0.3 is 0 Å². The Morgan fingerprint density at radius 3 is 2.61 bits per heavy atom. The molecule has 0 radical (unpaired) electrons. The lowest BCUT2D eigenvalue weighted by Crippen LogP contribution is -2.08. The van der Waals surface area contributed by atoms with Gasteiger partial charge in [-0.2, -0.15) is 10.1 Å². The first-order chi connectivity index (χ1) is 8.60. The van der Waals surface area contributed by atoms with Crippen LogP contribution in [-0.2, 0) is 6.42 Å². The number of aromatic nitrogens is 4. The van der Waals surface area contributed by atoms with Gasteiger partial charge in [0, 0.05) is 5.69 Å². The minimum absolute atomic E-state index is 0.366. The van der Waals surface area contributed by atoms with E-state index < -0.39 is 0 Å². The van der Waals surface area contributed by atoms with Crippen molar-refractivity contribution in [1.29, 1.82) is 0 Å². The third-order valence-electron chi connectivity index (χ3n) is 3.02. The lowest BCUT2D eigenvalue weighted by Gasteiger charge is -2.09. The Hall–Kier alpha value is -2.11. The van der Waals surface area contributed by atoms with E-state index >= 15 is 0 Å². The number of hydrogen-bond donors (Lipinski definition) is 1. The summed E-state index contributed by atoms with van der Waals surface area (Å²) in [4.78, 5) is 8.15. The van der Waals surface area contributed by atoms with Gasteiger partial charge in [0.2, 0.25) is 5.88 Å². The zero-order chi connectivity index (χ0) is 13.3. The van der Waals surface area contributed by atoms with Crippen molar-refractivity contribution in [3.63, 3.8) is 0 Å². The summed E-state index contributed by atoms with van der Waals surface area (Å²) < 4.78 is 6.84. The maximum atomic E-state index is 5.98. The first-order valence-electron chi connectivity index (χ1n) is 5.80. The van der Waals surface area contributed by atoms with E-state index in [2.05, 4.69) is 22.0 Å². The molecule has 0 aromatic carbocycles. The third kappa shape index (κ3) is 1.79. The van der Waals surface area contributed by atoms with E-state index in [0.717, 1.165) is 17.8 Å². The molecule has 6 heteroatoms. The van der Waals surface area contributed by atoms with E-state index in [1.54, 1.807) is 4.68 Å². The molecule has 0 fully saturated rings. The standard InChI is InChI=1S/C12H17N5O/c1-5-9-7(2)16-17(8(9)3)11-10(13)12(18-4)15-6-14-11/h6H,5,13H2,1-4H3. The van der Waals surface area contributed by atoms with Crippen LogP contribution in [0.2, 0.25) is 0 Å². The van der Waals surface area contributed by atoms with Gasteiger partial charge in [-0.25, -0.2) is 9.67 Å². The lowest BCUT2D eigenvalue weighted by atomic mass is 10.1. The maximum absolute atomic E-state index is 5.98. The van der Waals surface area contributed by atoms with Gasteiger partial charge < -0.3 is 10.5 Å². The number of hydrogen-bond acceptors (Lipinski definition) is 5. The van der Waals surface area contributed by atoms with Crippen molar-refractivity contribution in [2.45, 2.75) is 27.2 Å². The third-order valence-corrected chi connectivity index (χ3v) is 3.02. The molecule has 96 valence electrons. The summed E-state index contributed by atoms with van der Waals surface area (Å²) in [5.74, 6) is 0.924. The van der Waals surface area contributed by atoms with Crippen LogP contribution in [0.5, 0.6) is 5.88 Å². The van der Waals surface area contributed by atoms with Crippen LogP contribution < -0.4 is 10.5 Å². The zero-order valence-electron chi connectivity index (χ0n) is 11.1. The smallest absolute Gasteiger partial charge is 0.242 e. The minimum Gasteiger partial charge on any atom is -0.479 e. The van der Waals surface area contributed by atoms with E-state index in [4.69, 9.17) is 10.5 Å². The number of nitrogen functional groups attached to an aromatic ring is 1. The SMILES string of the molecule is CCc1c(C)nn(-c2ncnc(OC)c2N)c1C. The maximum Gasteiger partial charge on any atom is 0.242 e. The number of methoxy groups -OCH3 is 1. The molecule has 2 heterocycles. The van der Waals surface area contributed by atoms with Crippen molar-refractivity contribution in [3.05, 3.63) is 23.3 Å². The molecule has 0 unspecified atom stereocenters. The molecule has 0 amide bonds. The van der Waals surface area contributed by atoms with Gasteiger partial charge in [-0.05, 0) is 25.8 Å². The monoisotopic (exact) mass is 247 g/mol. The van der Waals surface area contributed by atoms with E-state index in [1.165, 1.54) is 19.0 Å². The average molecular weight is 247 g/mol. The first kappa shape index (κ1) is 12.3. The van der Waals surface area contributed by atoms with Crippen molar-refractivity contribution in [1.82, 2.24) is 19.7 Å². The lowest BCUT2D eigenvalue weighted by molar-refractivity contribution is 0.399. The summed E-state index contributed by atoms with van der Waals surface area (Å²) in [5, 5.41) is 4.48. The van der Waals surface area contributed by atoms with Crippen molar-refractivity contribution < 1.29 is 4.74 Å². The van der Waals surface area contributed by atoms with Crippen LogP contribution in [0.15, 0.2) is 6.33 Å². The van der Waals surface area contributed by atoms with Gasteiger partial charge in [0.05, 0.1) is 12.8 Å². The Morgan fingerprint density at radius 2 is 2.06 bits per heavy atom. The summed E-state index contributed by atoms with van der Waals surface area (Å²) in [5.41, 5.74) is 9.63. The molecule has 0 aliphatic heterocycles. The van der Waals surface area contributed by atoms with Crippen LogP contribution in [0.25, 0.3) is 5.82 Å². The van der Waals surface area contributed by atoms with Crippen molar-refractivity contribution in [2.75, 3.05) is 12.8 Å². The van der Waals surface area contributed by atoms with Crippen LogP contribution in [0, 0.1) is 13.8 Å². The van der Waals surface area contributed by atoms with Gasteiger partial charge in [-0.15, -0.1) is 0 Å². The van der Waals surface area contributed by atoms with Gasteiger partial charge in [-0.1, -0.05) is 6.92 Å². The number of anilines is 1. The molecule has 0 bridgehead atoms. The summed E-state index contributed by atoms with van der Waals surface area (Å²) in [6.45, 7) is 6.09. The van der Waals surface area contributed by atoms with Gasteiger partial charge in [0.1, 0.15) is 12.0 Å². The fourth-order valence-electron chi connectivity index (χ4n) is 2.10. The number of ether oxygens (including phenoxy) is 1. The van der Waals surface area contributed by atoms with Crippen LogP contribution in [0.4, 0.5) is 5.69 Å². The van der Waals surface area contributed by atoms with Gasteiger partial charge in [-0.3, -0.25) is 0 Å². The molecule has 2 aromatic rings.